The maximum atomic E-state index is 14.3. The molecule has 0 amide bonds. The number of aliphatic hydroxyl groups is 1. The van der Waals surface area contributed by atoms with Gasteiger partial charge in [-0.2, -0.15) is 5.26 Å². The lowest BCUT2D eigenvalue weighted by Crippen LogP contribution is -2.35. The van der Waals surface area contributed by atoms with E-state index < -0.39 is 45.6 Å². The second-order valence-electron chi connectivity index (χ2n) is 6.40. The number of aryl methyl sites for hydroxylation is 1. The van der Waals surface area contributed by atoms with Gasteiger partial charge >= 0.3 is 0 Å². The summed E-state index contributed by atoms with van der Waals surface area (Å²) in [6, 6.07) is 4.67. The van der Waals surface area contributed by atoms with Crippen LogP contribution in [0.3, 0.4) is 0 Å². The van der Waals surface area contributed by atoms with Crippen molar-refractivity contribution in [2.45, 2.75) is 31.8 Å². The molecule has 5 nitrogen and oxygen atoms in total. The number of nitriles is 1. The first-order valence-electron chi connectivity index (χ1n) is 8.12. The first-order chi connectivity index (χ1) is 13.0. The van der Waals surface area contributed by atoms with Gasteiger partial charge in [-0.25, -0.2) is 21.6 Å². The van der Waals surface area contributed by atoms with E-state index in [1.165, 1.54) is 6.07 Å². The smallest absolute Gasteiger partial charge is 0.277 e. The van der Waals surface area contributed by atoms with Gasteiger partial charge in [0.25, 0.3) is 5.92 Å². The molecule has 1 aliphatic carbocycles. The minimum absolute atomic E-state index is 0.162. The van der Waals surface area contributed by atoms with Crippen molar-refractivity contribution in [2.75, 3.05) is 6.01 Å². The third-order valence-electron chi connectivity index (χ3n) is 4.05. The lowest BCUT2D eigenvalue weighted by molar-refractivity contribution is -0.105. The zero-order valence-electron chi connectivity index (χ0n) is 15.0. The van der Waals surface area contributed by atoms with E-state index in [-0.39, 0.29) is 22.6 Å². The van der Waals surface area contributed by atoms with Crippen molar-refractivity contribution in [1.29, 1.82) is 5.26 Å². The predicted molar refractivity (Wildman–Crippen MR) is 96.9 cm³/mol. The van der Waals surface area contributed by atoms with E-state index in [4.69, 9.17) is 10.00 Å². The van der Waals surface area contributed by atoms with E-state index in [9.17, 15) is 26.7 Å². The zero-order chi connectivity index (χ0) is 21.1. The van der Waals surface area contributed by atoms with Crippen LogP contribution in [-0.4, -0.2) is 31.6 Å². The van der Waals surface area contributed by atoms with Gasteiger partial charge in [0.1, 0.15) is 17.6 Å². The molecular weight excluding hydrogens is 395 g/mol. The molecule has 0 aromatic heterocycles. The van der Waals surface area contributed by atoms with Crippen LogP contribution in [0.1, 0.15) is 24.0 Å². The molecule has 1 aromatic rings. The Morgan fingerprint density at radius 2 is 2.04 bits per heavy atom. The number of rotatable bonds is 4. The van der Waals surface area contributed by atoms with Gasteiger partial charge in [0.05, 0.1) is 16.5 Å². The van der Waals surface area contributed by atoms with E-state index >= 15 is 0 Å². The maximum Gasteiger partial charge on any atom is 0.277 e. The maximum absolute atomic E-state index is 14.3. The molecule has 0 radical (unpaired) electrons. The molecule has 1 aromatic carbocycles. The molecule has 0 saturated heterocycles. The lowest BCUT2D eigenvalue weighted by Gasteiger charge is -2.23. The number of hydrogen-bond acceptors (Lipinski definition) is 5. The number of sulfone groups is 1. The molecule has 1 N–H and O–H groups in total. The van der Waals surface area contributed by atoms with Crippen LogP contribution in [0.15, 0.2) is 53.2 Å². The fraction of sp³-hybridized carbons (Fsp3) is 0.316. The molecule has 1 aliphatic rings. The Kier molecular flexibility index (Phi) is 6.37. The number of hydrogen-bond donors (Lipinski definition) is 1. The van der Waals surface area contributed by atoms with E-state index in [2.05, 4.69) is 6.58 Å². The number of ether oxygens (including phenoxy) is 1. The van der Waals surface area contributed by atoms with Crippen molar-refractivity contribution in [2.24, 2.45) is 0 Å². The normalized spacial score (nSPS) is 23.9. The van der Waals surface area contributed by atoms with Gasteiger partial charge in [0.2, 0.25) is 9.84 Å². The van der Waals surface area contributed by atoms with Crippen molar-refractivity contribution in [3.05, 3.63) is 64.3 Å². The topological polar surface area (TPSA) is 87.4 Å². The van der Waals surface area contributed by atoms with Crippen LogP contribution in [0.2, 0.25) is 0 Å². The van der Waals surface area contributed by atoms with Crippen LogP contribution < -0.4 is 4.74 Å². The Hall–Kier alpha value is -2.57. The van der Waals surface area contributed by atoms with Gasteiger partial charge in [0, 0.05) is 12.8 Å². The second kappa shape index (κ2) is 8.20. The van der Waals surface area contributed by atoms with E-state index in [1.54, 1.807) is 19.1 Å². The molecule has 0 saturated carbocycles. The highest BCUT2D eigenvalue weighted by molar-refractivity contribution is 7.95. The Morgan fingerprint density at radius 3 is 2.64 bits per heavy atom. The van der Waals surface area contributed by atoms with E-state index in [0.717, 1.165) is 12.2 Å². The van der Waals surface area contributed by atoms with Gasteiger partial charge in [-0.3, -0.25) is 0 Å². The third kappa shape index (κ3) is 5.03. The Balaban J connectivity index is 2.53. The van der Waals surface area contributed by atoms with Gasteiger partial charge in [-0.15, -0.1) is 0 Å². The summed E-state index contributed by atoms with van der Waals surface area (Å²) in [7, 11) is -4.46. The molecular formula is C19H18F3NO4S. The van der Waals surface area contributed by atoms with Crippen molar-refractivity contribution < 1.29 is 31.4 Å². The molecule has 0 aliphatic heterocycles. The Bertz CT molecular complexity index is 991. The van der Waals surface area contributed by atoms with Gasteiger partial charge < -0.3 is 9.84 Å². The SMILES string of the molecule is C=C1CC(F)(F)[C@@H](O)C/C(S(=O)(=O)CF)=C\C=C/1Oc1cc(C)cc(C#N)c1. The lowest BCUT2D eigenvalue weighted by atomic mass is 10.0. The molecule has 0 bridgehead atoms. The summed E-state index contributed by atoms with van der Waals surface area (Å²) in [6.07, 6.45) is -2.27. The number of benzene rings is 1. The Labute approximate surface area is 161 Å². The predicted octanol–water partition coefficient (Wildman–Crippen LogP) is 3.70. The molecule has 0 fully saturated rings. The second-order valence-corrected chi connectivity index (χ2v) is 8.37. The highest BCUT2D eigenvalue weighted by atomic mass is 32.2. The van der Waals surface area contributed by atoms with Crippen LogP contribution in [0.4, 0.5) is 13.2 Å². The summed E-state index contributed by atoms with van der Waals surface area (Å²) < 4.78 is 70.7. The van der Waals surface area contributed by atoms with Gasteiger partial charge in [-0.05, 0) is 48.4 Å². The highest BCUT2D eigenvalue weighted by Crippen LogP contribution is 2.35. The van der Waals surface area contributed by atoms with E-state index in [0.29, 0.717) is 5.56 Å². The largest absolute Gasteiger partial charge is 0.457 e. The zero-order valence-corrected chi connectivity index (χ0v) is 15.8. The summed E-state index contributed by atoms with van der Waals surface area (Å²) in [4.78, 5) is -0.681. The molecule has 0 unspecified atom stereocenters. The summed E-state index contributed by atoms with van der Waals surface area (Å²) in [5.74, 6) is -3.73. The fourth-order valence-electron chi connectivity index (χ4n) is 2.59. The summed E-state index contributed by atoms with van der Waals surface area (Å²) in [6.45, 7) is 5.24. The van der Waals surface area contributed by atoms with Gasteiger partial charge in [0.15, 0.2) is 6.01 Å². The summed E-state index contributed by atoms with van der Waals surface area (Å²) >= 11 is 0. The molecule has 150 valence electrons. The monoisotopic (exact) mass is 413 g/mol. The number of halogens is 3. The van der Waals surface area contributed by atoms with Crippen molar-refractivity contribution in [3.63, 3.8) is 0 Å². The van der Waals surface area contributed by atoms with Crippen molar-refractivity contribution in [3.8, 4) is 11.8 Å². The molecule has 0 heterocycles. The fourth-order valence-corrected chi connectivity index (χ4v) is 3.42. The van der Waals surface area contributed by atoms with Crippen LogP contribution in [0.25, 0.3) is 0 Å². The first-order valence-corrected chi connectivity index (χ1v) is 9.77. The number of nitrogens with zero attached hydrogens (tertiary/aromatic N) is 1. The minimum atomic E-state index is -4.46. The van der Waals surface area contributed by atoms with Crippen molar-refractivity contribution in [1.82, 2.24) is 0 Å². The summed E-state index contributed by atoms with van der Waals surface area (Å²) in [5, 5.41) is 18.8. The van der Waals surface area contributed by atoms with E-state index in [1.807, 2.05) is 6.07 Å². The molecule has 2 rings (SSSR count). The average Bonchev–Trinajstić information content (AvgIpc) is 2.65. The number of alkyl halides is 3. The summed E-state index contributed by atoms with van der Waals surface area (Å²) in [5.41, 5.74) is 0.765. The average molecular weight is 413 g/mol. The van der Waals surface area contributed by atoms with Crippen LogP contribution >= 0.6 is 0 Å². The van der Waals surface area contributed by atoms with Crippen LogP contribution in [0, 0.1) is 18.3 Å². The first kappa shape index (κ1) is 21.7. The minimum Gasteiger partial charge on any atom is -0.457 e. The highest BCUT2D eigenvalue weighted by Gasteiger charge is 2.41. The quantitative estimate of drug-likeness (QED) is 0.813. The van der Waals surface area contributed by atoms with Crippen molar-refractivity contribution >= 4 is 9.84 Å². The standard InChI is InChI=1S/C19H18F3NO4S/c1-12-5-14(10-23)7-15(6-12)27-17-4-3-16(28(25,26)11-20)8-18(24)19(21,22)9-13(17)2/h3-7,18,24H,2,8-9,11H2,1H3/b16-3+,17-4+/t18-/m0/s1. The van der Waals surface area contributed by atoms with Gasteiger partial charge in [-0.1, -0.05) is 6.58 Å². The van der Waals surface area contributed by atoms with Crippen LogP contribution in [0.5, 0.6) is 5.75 Å². The number of allylic oxidation sites excluding steroid dienone is 3. The third-order valence-corrected chi connectivity index (χ3v) is 5.44. The molecule has 28 heavy (non-hydrogen) atoms. The molecule has 0 spiro atoms. The number of aliphatic hydroxyl groups excluding tert-OH is 1. The van der Waals surface area contributed by atoms with Crippen LogP contribution in [-0.2, 0) is 9.84 Å². The molecule has 1 atom stereocenters. The Morgan fingerprint density at radius 1 is 1.36 bits per heavy atom. The molecule has 9 heteroatoms.